The first-order valence-electron chi connectivity index (χ1n) is 8.76. The lowest BCUT2D eigenvalue weighted by molar-refractivity contribution is -0.137. The SMILES string of the molecule is CN(Cc1ccccc1)C(=O)Cn1cnc(-c2ccc(C(F)(F)F)cc2)cc1=O. The van der Waals surface area contributed by atoms with E-state index in [-0.39, 0.29) is 18.1 Å². The third kappa shape index (κ3) is 5.10. The lowest BCUT2D eigenvalue weighted by Gasteiger charge is -2.18. The number of alkyl halides is 3. The van der Waals surface area contributed by atoms with Crippen molar-refractivity contribution in [1.82, 2.24) is 14.5 Å². The Morgan fingerprint density at radius 1 is 1.07 bits per heavy atom. The van der Waals surface area contributed by atoms with Gasteiger partial charge in [-0.15, -0.1) is 0 Å². The standard InChI is InChI=1S/C21H18F3N3O2/c1-26(12-15-5-3-2-4-6-15)20(29)13-27-14-25-18(11-19(27)28)16-7-9-17(10-8-16)21(22,23)24/h2-11,14H,12-13H2,1H3. The van der Waals surface area contributed by atoms with E-state index >= 15 is 0 Å². The van der Waals surface area contributed by atoms with Crippen LogP contribution in [0.15, 0.2) is 71.8 Å². The molecule has 1 aromatic heterocycles. The smallest absolute Gasteiger partial charge is 0.340 e. The van der Waals surface area contributed by atoms with Crippen molar-refractivity contribution >= 4 is 5.91 Å². The third-order valence-corrected chi connectivity index (χ3v) is 4.38. The van der Waals surface area contributed by atoms with Gasteiger partial charge in [0.1, 0.15) is 6.54 Å². The van der Waals surface area contributed by atoms with Crippen molar-refractivity contribution in [2.45, 2.75) is 19.3 Å². The van der Waals surface area contributed by atoms with Gasteiger partial charge in [0, 0.05) is 25.2 Å². The Kier molecular flexibility index (Phi) is 5.81. The molecule has 0 N–H and O–H groups in total. The second-order valence-corrected chi connectivity index (χ2v) is 6.55. The second kappa shape index (κ2) is 8.30. The van der Waals surface area contributed by atoms with Crippen LogP contribution < -0.4 is 5.56 Å². The largest absolute Gasteiger partial charge is 0.416 e. The monoisotopic (exact) mass is 401 g/mol. The molecule has 0 aliphatic carbocycles. The van der Waals surface area contributed by atoms with Crippen LogP contribution in [0.3, 0.4) is 0 Å². The van der Waals surface area contributed by atoms with E-state index in [4.69, 9.17) is 0 Å². The molecule has 0 atom stereocenters. The van der Waals surface area contributed by atoms with Gasteiger partial charge in [0.25, 0.3) is 5.56 Å². The minimum Gasteiger partial charge on any atom is -0.340 e. The molecule has 5 nitrogen and oxygen atoms in total. The van der Waals surface area contributed by atoms with Crippen molar-refractivity contribution in [3.8, 4) is 11.3 Å². The summed E-state index contributed by atoms with van der Waals surface area (Å²) in [5.41, 5.74) is 0.351. The van der Waals surface area contributed by atoms with Crippen molar-refractivity contribution in [2.24, 2.45) is 0 Å². The summed E-state index contributed by atoms with van der Waals surface area (Å²) in [4.78, 5) is 30.3. The highest BCUT2D eigenvalue weighted by Gasteiger charge is 2.30. The summed E-state index contributed by atoms with van der Waals surface area (Å²) in [5.74, 6) is -0.264. The Balaban J connectivity index is 1.71. The minimum absolute atomic E-state index is 0.178. The highest BCUT2D eigenvalue weighted by Crippen LogP contribution is 2.30. The fourth-order valence-corrected chi connectivity index (χ4v) is 2.74. The van der Waals surface area contributed by atoms with Crippen LogP contribution in [0.25, 0.3) is 11.3 Å². The van der Waals surface area contributed by atoms with Gasteiger partial charge in [-0.3, -0.25) is 14.2 Å². The van der Waals surface area contributed by atoms with Crippen molar-refractivity contribution < 1.29 is 18.0 Å². The fraction of sp³-hybridized carbons (Fsp3) is 0.190. The zero-order chi connectivity index (χ0) is 21.0. The fourth-order valence-electron chi connectivity index (χ4n) is 2.74. The molecule has 0 saturated carbocycles. The number of hydrogen-bond acceptors (Lipinski definition) is 3. The van der Waals surface area contributed by atoms with Gasteiger partial charge in [-0.1, -0.05) is 42.5 Å². The van der Waals surface area contributed by atoms with E-state index in [9.17, 15) is 22.8 Å². The first-order chi connectivity index (χ1) is 13.7. The molecule has 0 fully saturated rings. The average molecular weight is 401 g/mol. The van der Waals surface area contributed by atoms with E-state index in [0.717, 1.165) is 22.3 Å². The van der Waals surface area contributed by atoms with Gasteiger partial charge in [-0.25, -0.2) is 4.98 Å². The van der Waals surface area contributed by atoms with E-state index in [1.807, 2.05) is 30.3 Å². The maximum absolute atomic E-state index is 12.7. The van der Waals surface area contributed by atoms with Crippen LogP contribution in [0.2, 0.25) is 0 Å². The maximum Gasteiger partial charge on any atom is 0.416 e. The molecule has 0 bridgehead atoms. The summed E-state index contributed by atoms with van der Waals surface area (Å²) in [6.45, 7) is 0.230. The van der Waals surface area contributed by atoms with Crippen molar-refractivity contribution in [1.29, 1.82) is 0 Å². The van der Waals surface area contributed by atoms with E-state index in [2.05, 4.69) is 4.98 Å². The molecular weight excluding hydrogens is 383 g/mol. The highest BCUT2D eigenvalue weighted by atomic mass is 19.4. The van der Waals surface area contributed by atoms with Gasteiger partial charge in [0.05, 0.1) is 17.6 Å². The first kappa shape index (κ1) is 20.3. The number of rotatable bonds is 5. The number of hydrogen-bond donors (Lipinski definition) is 0. The van der Waals surface area contributed by atoms with Crippen molar-refractivity contribution in [3.63, 3.8) is 0 Å². The molecule has 2 aromatic carbocycles. The molecule has 0 unspecified atom stereocenters. The van der Waals surface area contributed by atoms with Crippen LogP contribution in [0.4, 0.5) is 13.2 Å². The van der Waals surface area contributed by atoms with Gasteiger partial charge < -0.3 is 4.90 Å². The number of likely N-dealkylation sites (N-methyl/N-ethyl adjacent to an activating group) is 1. The first-order valence-corrected chi connectivity index (χ1v) is 8.76. The molecule has 0 aliphatic heterocycles. The van der Waals surface area contributed by atoms with Crippen LogP contribution in [0.1, 0.15) is 11.1 Å². The summed E-state index contributed by atoms with van der Waals surface area (Å²) in [6.07, 6.45) is -3.20. The van der Waals surface area contributed by atoms with Crippen LogP contribution in [0.5, 0.6) is 0 Å². The van der Waals surface area contributed by atoms with E-state index in [1.165, 1.54) is 29.4 Å². The number of carbonyl (C=O) groups is 1. The molecule has 0 spiro atoms. The number of aromatic nitrogens is 2. The summed E-state index contributed by atoms with van der Waals surface area (Å²) < 4.78 is 39.1. The Labute approximate surface area is 165 Å². The van der Waals surface area contributed by atoms with Crippen LogP contribution >= 0.6 is 0 Å². The van der Waals surface area contributed by atoms with Crippen LogP contribution in [0, 0.1) is 0 Å². The molecule has 0 radical (unpaired) electrons. The maximum atomic E-state index is 12.7. The molecule has 29 heavy (non-hydrogen) atoms. The Hall–Kier alpha value is -3.42. The summed E-state index contributed by atoms with van der Waals surface area (Å²) in [5, 5.41) is 0. The molecule has 150 valence electrons. The molecule has 3 aromatic rings. The zero-order valence-electron chi connectivity index (χ0n) is 15.6. The Morgan fingerprint density at radius 3 is 2.31 bits per heavy atom. The van der Waals surface area contributed by atoms with Crippen molar-refractivity contribution in [2.75, 3.05) is 7.05 Å². The predicted octanol–water partition coefficient (Wildman–Crippen LogP) is 3.59. The number of halogens is 3. The molecule has 0 saturated heterocycles. The minimum atomic E-state index is -4.43. The molecule has 0 aliphatic rings. The summed E-state index contributed by atoms with van der Waals surface area (Å²) in [7, 11) is 1.64. The summed E-state index contributed by atoms with van der Waals surface area (Å²) >= 11 is 0. The molecule has 8 heteroatoms. The van der Waals surface area contributed by atoms with Gasteiger partial charge in [0.15, 0.2) is 0 Å². The lowest BCUT2D eigenvalue weighted by atomic mass is 10.1. The van der Waals surface area contributed by atoms with Gasteiger partial charge in [-0.2, -0.15) is 13.2 Å². The molecule has 1 amide bonds. The normalized spacial score (nSPS) is 11.3. The predicted molar refractivity (Wildman–Crippen MR) is 102 cm³/mol. The van der Waals surface area contributed by atoms with E-state index in [0.29, 0.717) is 12.1 Å². The highest BCUT2D eigenvalue weighted by molar-refractivity contribution is 5.75. The lowest BCUT2D eigenvalue weighted by Crippen LogP contribution is -2.33. The second-order valence-electron chi connectivity index (χ2n) is 6.55. The van der Waals surface area contributed by atoms with E-state index in [1.54, 1.807) is 7.05 Å². The zero-order valence-corrected chi connectivity index (χ0v) is 15.6. The van der Waals surface area contributed by atoms with E-state index < -0.39 is 17.3 Å². The van der Waals surface area contributed by atoms with Gasteiger partial charge in [0.2, 0.25) is 5.91 Å². The average Bonchev–Trinajstić information content (AvgIpc) is 2.69. The third-order valence-electron chi connectivity index (χ3n) is 4.38. The number of nitrogens with zero attached hydrogens (tertiary/aromatic N) is 3. The number of carbonyl (C=O) groups excluding carboxylic acids is 1. The van der Waals surface area contributed by atoms with Crippen LogP contribution in [-0.4, -0.2) is 27.4 Å². The van der Waals surface area contributed by atoms with Crippen molar-refractivity contribution in [3.05, 3.63) is 88.5 Å². The number of amides is 1. The van der Waals surface area contributed by atoms with Gasteiger partial charge in [-0.05, 0) is 17.7 Å². The molecular formula is C21H18F3N3O2. The number of benzene rings is 2. The molecule has 3 rings (SSSR count). The molecule has 1 heterocycles. The van der Waals surface area contributed by atoms with Crippen LogP contribution in [-0.2, 0) is 24.1 Å². The van der Waals surface area contributed by atoms with Gasteiger partial charge >= 0.3 is 6.18 Å². The topological polar surface area (TPSA) is 55.2 Å². The summed E-state index contributed by atoms with van der Waals surface area (Å²) in [6, 6.07) is 15.0. The Morgan fingerprint density at radius 2 is 1.72 bits per heavy atom. The Bertz CT molecular complexity index is 1050. The quantitative estimate of drug-likeness (QED) is 0.657.